The molecule has 5 heterocycles. The summed E-state index contributed by atoms with van der Waals surface area (Å²) in [5.74, 6) is -1.65. The topological polar surface area (TPSA) is 226 Å². The second kappa shape index (κ2) is 11.8. The van der Waals surface area contributed by atoms with Crippen molar-refractivity contribution < 1.29 is 38.6 Å². The van der Waals surface area contributed by atoms with Gasteiger partial charge in [0.25, 0.3) is 23.4 Å². The zero-order valence-electron chi connectivity index (χ0n) is 22.0. The van der Waals surface area contributed by atoms with Crippen LogP contribution in [-0.4, -0.2) is 101 Å². The van der Waals surface area contributed by atoms with Gasteiger partial charge in [-0.3, -0.25) is 14.5 Å². The molecular formula is C22H21N9O8S3. The summed E-state index contributed by atoms with van der Waals surface area (Å²) in [5, 5.41) is 21.6. The number of hydrogen-bond acceptors (Lipinski definition) is 16. The van der Waals surface area contributed by atoms with Gasteiger partial charge >= 0.3 is 12.1 Å². The van der Waals surface area contributed by atoms with Crippen molar-refractivity contribution in [3.8, 4) is 0 Å². The van der Waals surface area contributed by atoms with Gasteiger partial charge in [0.05, 0.1) is 7.11 Å². The van der Waals surface area contributed by atoms with Crippen LogP contribution in [0.2, 0.25) is 0 Å². The third-order valence-electron chi connectivity index (χ3n) is 5.80. The summed E-state index contributed by atoms with van der Waals surface area (Å²) in [6, 6.07) is 0.733. The molecule has 42 heavy (non-hydrogen) atoms. The van der Waals surface area contributed by atoms with Crippen LogP contribution in [0.1, 0.15) is 22.0 Å². The van der Waals surface area contributed by atoms with E-state index in [0.29, 0.717) is 16.3 Å². The molecule has 3 aromatic rings. The number of esters is 1. The smallest absolute Gasteiger partial charge is 0.463 e. The number of ether oxygens (including phenoxy) is 2. The van der Waals surface area contributed by atoms with Crippen molar-refractivity contribution in [3.05, 3.63) is 40.1 Å². The normalized spacial score (nSPS) is 18.4. The lowest BCUT2D eigenvalue weighted by Gasteiger charge is -2.49. The second-order valence-corrected chi connectivity index (χ2v) is 11.5. The molecule has 1 fully saturated rings. The van der Waals surface area contributed by atoms with Gasteiger partial charge in [-0.25, -0.2) is 19.6 Å². The number of nitrogens with one attached hydrogen (secondary N) is 1. The first-order valence-corrected chi connectivity index (χ1v) is 14.7. The molecule has 2 aliphatic rings. The zero-order chi connectivity index (χ0) is 30.1. The van der Waals surface area contributed by atoms with Gasteiger partial charge in [-0.15, -0.1) is 40.0 Å². The molecule has 3 aromatic heterocycles. The van der Waals surface area contributed by atoms with Crippen molar-refractivity contribution in [2.24, 2.45) is 5.16 Å². The maximum Gasteiger partial charge on any atom is 0.512 e. The summed E-state index contributed by atoms with van der Waals surface area (Å²) in [6.45, 7) is 1.75. The van der Waals surface area contributed by atoms with E-state index in [1.165, 1.54) is 52.5 Å². The molecule has 4 N–H and O–H groups in total. The molecule has 0 bridgehead atoms. The molecule has 2 atom stereocenters. The number of amides is 2. The minimum atomic E-state index is -1.60. The lowest BCUT2D eigenvalue weighted by atomic mass is 10.1. The number of aromatic nitrogens is 5. The summed E-state index contributed by atoms with van der Waals surface area (Å²) in [6.07, 6.45) is -1.60. The number of nitrogens with two attached hydrogens (primary N) is 1. The number of nitrogens with zero attached hydrogens (tertiary/aromatic N) is 7. The largest absolute Gasteiger partial charge is 0.512 e. The maximum absolute atomic E-state index is 13.2. The molecule has 0 aliphatic carbocycles. The van der Waals surface area contributed by atoms with E-state index in [2.05, 4.69) is 35.3 Å². The molecule has 2 aliphatic heterocycles. The first-order chi connectivity index (χ1) is 20.1. The number of nitrogen functional groups attached to an aromatic ring is 1. The van der Waals surface area contributed by atoms with E-state index < -0.39 is 35.4 Å². The number of aryl methyl sites for hydroxylation is 1. The van der Waals surface area contributed by atoms with Crippen molar-refractivity contribution in [2.75, 3.05) is 31.5 Å². The van der Waals surface area contributed by atoms with Crippen LogP contribution >= 0.6 is 34.9 Å². The van der Waals surface area contributed by atoms with E-state index in [0.717, 1.165) is 11.3 Å². The SMILES string of the molecule is CO/N=C(\C(=O)N[C@@H]1C(=O)N2C(OC(=O)O)=C(CSc3cc(C)nc4nc(C(=O)OC)nn34)CS[C@H]12)c1csc(N)n1. The van der Waals surface area contributed by atoms with Crippen LogP contribution in [0, 0.1) is 6.92 Å². The molecule has 17 nitrogen and oxygen atoms in total. The minimum Gasteiger partial charge on any atom is -0.463 e. The van der Waals surface area contributed by atoms with Gasteiger partial charge in [0.1, 0.15) is 29.2 Å². The van der Waals surface area contributed by atoms with Crippen LogP contribution in [0.4, 0.5) is 9.93 Å². The average Bonchev–Trinajstić information content (AvgIpc) is 3.58. The van der Waals surface area contributed by atoms with Gasteiger partial charge in [0.15, 0.2) is 10.8 Å². The Balaban J connectivity index is 1.36. The quantitative estimate of drug-likeness (QED) is 0.0735. The van der Waals surface area contributed by atoms with Crippen molar-refractivity contribution in [1.29, 1.82) is 0 Å². The third-order valence-corrected chi connectivity index (χ3v) is 8.89. The Labute approximate surface area is 248 Å². The molecule has 0 aromatic carbocycles. The highest BCUT2D eigenvalue weighted by atomic mass is 32.2. The van der Waals surface area contributed by atoms with Gasteiger partial charge < -0.3 is 30.5 Å². The monoisotopic (exact) mass is 635 g/mol. The predicted octanol–water partition coefficient (Wildman–Crippen LogP) is 0.707. The number of carboxylic acid groups (broad SMARTS) is 1. The molecule has 0 radical (unpaired) electrons. The van der Waals surface area contributed by atoms with Gasteiger partial charge in [-0.2, -0.15) is 9.50 Å². The van der Waals surface area contributed by atoms with Gasteiger partial charge in [0.2, 0.25) is 5.88 Å². The van der Waals surface area contributed by atoms with Gasteiger partial charge in [-0.05, 0) is 13.0 Å². The number of hydrogen-bond donors (Lipinski definition) is 3. The van der Waals surface area contributed by atoms with Crippen molar-refractivity contribution in [3.63, 3.8) is 0 Å². The standard InChI is InChI=1S/C22H21N9O8S3/c1-8-4-11(31-21(24-8)27-14(28-31)19(34)37-2)40-5-9-6-41-18-13(16(33)30(18)17(9)39-22(35)36)26-15(32)12(29-38-3)10-7-42-20(23)25-10/h4,7,13,18H,5-6H2,1-3H3,(H2,23,25)(H,26,32)(H,35,36)/b29-12-/t13-,18-/m1/s1. The summed E-state index contributed by atoms with van der Waals surface area (Å²) >= 11 is 3.68. The Morgan fingerprint density at radius 3 is 2.74 bits per heavy atom. The average molecular weight is 636 g/mol. The van der Waals surface area contributed by atoms with Crippen LogP contribution in [0.5, 0.6) is 0 Å². The van der Waals surface area contributed by atoms with E-state index in [1.54, 1.807) is 13.0 Å². The molecule has 20 heteroatoms. The first-order valence-electron chi connectivity index (χ1n) is 11.8. The number of thiazole rings is 1. The number of carbonyl (C=O) groups excluding carboxylic acids is 3. The highest BCUT2D eigenvalue weighted by molar-refractivity contribution is 8.01. The Hall–Kier alpha value is -4.43. The van der Waals surface area contributed by atoms with Crippen LogP contribution in [0.15, 0.2) is 33.1 Å². The summed E-state index contributed by atoms with van der Waals surface area (Å²) in [5.41, 5.74) is 6.79. The Morgan fingerprint density at radius 2 is 2.07 bits per heavy atom. The Morgan fingerprint density at radius 1 is 1.29 bits per heavy atom. The van der Waals surface area contributed by atoms with E-state index in [-0.39, 0.29) is 45.5 Å². The number of carbonyl (C=O) groups is 4. The number of thioether (sulfide) groups is 2. The highest BCUT2D eigenvalue weighted by Crippen LogP contribution is 2.42. The van der Waals surface area contributed by atoms with Crippen LogP contribution < -0.4 is 11.1 Å². The molecule has 0 saturated carbocycles. The Bertz CT molecular complexity index is 1670. The number of fused-ring (bicyclic) bond motifs is 2. The summed E-state index contributed by atoms with van der Waals surface area (Å²) in [4.78, 5) is 68.0. The maximum atomic E-state index is 13.2. The van der Waals surface area contributed by atoms with E-state index in [1.807, 2.05) is 0 Å². The lowest BCUT2D eigenvalue weighted by Crippen LogP contribution is -2.70. The number of rotatable bonds is 9. The number of β-lactam (4-membered cyclic amide) rings is 1. The first kappa shape index (κ1) is 29.1. The van der Waals surface area contributed by atoms with E-state index >= 15 is 0 Å². The predicted molar refractivity (Wildman–Crippen MR) is 149 cm³/mol. The third kappa shape index (κ3) is 5.54. The fourth-order valence-electron chi connectivity index (χ4n) is 4.01. The summed E-state index contributed by atoms with van der Waals surface area (Å²) in [7, 11) is 2.47. The van der Waals surface area contributed by atoms with Crippen molar-refractivity contribution >= 4 is 75.4 Å². The lowest BCUT2D eigenvalue weighted by molar-refractivity contribution is -0.148. The molecular weight excluding hydrogens is 614 g/mol. The van der Waals surface area contributed by atoms with E-state index in [4.69, 9.17) is 15.3 Å². The van der Waals surface area contributed by atoms with Gasteiger partial charge in [-0.1, -0.05) is 5.16 Å². The minimum absolute atomic E-state index is 0.136. The number of anilines is 1. The molecule has 2 amide bonds. The van der Waals surface area contributed by atoms with Crippen LogP contribution in [-0.2, 0) is 23.9 Å². The molecule has 5 rings (SSSR count). The molecule has 0 unspecified atom stereocenters. The molecule has 1 saturated heterocycles. The van der Waals surface area contributed by atoms with Crippen molar-refractivity contribution in [2.45, 2.75) is 23.4 Å². The van der Waals surface area contributed by atoms with E-state index in [9.17, 15) is 24.3 Å². The highest BCUT2D eigenvalue weighted by Gasteiger charge is 2.54. The number of methoxy groups -OCH3 is 1. The van der Waals surface area contributed by atoms with Crippen LogP contribution in [0.25, 0.3) is 5.78 Å². The van der Waals surface area contributed by atoms with Crippen molar-refractivity contribution in [1.82, 2.24) is 34.8 Å². The van der Waals surface area contributed by atoms with Gasteiger partial charge in [0, 0.05) is 28.2 Å². The van der Waals surface area contributed by atoms with Crippen LogP contribution in [0.3, 0.4) is 0 Å². The fraction of sp³-hybridized carbons (Fsp3) is 0.318. The number of oxime groups is 1. The summed E-state index contributed by atoms with van der Waals surface area (Å²) < 4.78 is 11.1. The fourth-order valence-corrected chi connectivity index (χ4v) is 7.05. The Kier molecular flexibility index (Phi) is 8.18. The zero-order valence-corrected chi connectivity index (χ0v) is 24.4. The second-order valence-electron chi connectivity index (χ2n) is 8.49. The molecule has 220 valence electrons. The molecule has 0 spiro atoms.